The van der Waals surface area contributed by atoms with E-state index in [1.165, 1.54) is 64.7 Å². The van der Waals surface area contributed by atoms with Crippen LogP contribution in [0.3, 0.4) is 0 Å². The molecule has 0 radical (unpaired) electrons. The first-order valence-electron chi connectivity index (χ1n) is 7.37. The SMILES string of the molecule is CNCC1CCCN(CCCC2CCCO2)C1. The molecule has 0 aromatic carbocycles. The van der Waals surface area contributed by atoms with Crippen molar-refractivity contribution >= 4 is 0 Å². The minimum Gasteiger partial charge on any atom is -0.378 e. The van der Waals surface area contributed by atoms with Crippen LogP contribution >= 0.6 is 0 Å². The summed E-state index contributed by atoms with van der Waals surface area (Å²) in [5.41, 5.74) is 0. The lowest BCUT2D eigenvalue weighted by molar-refractivity contribution is 0.0951. The zero-order valence-electron chi connectivity index (χ0n) is 11.3. The smallest absolute Gasteiger partial charge is 0.0576 e. The highest BCUT2D eigenvalue weighted by Gasteiger charge is 2.20. The van der Waals surface area contributed by atoms with Crippen LogP contribution in [0.5, 0.6) is 0 Å². The molecule has 2 rings (SSSR count). The number of hydrogen-bond acceptors (Lipinski definition) is 3. The molecule has 0 bridgehead atoms. The standard InChI is InChI=1S/C14H28N2O/c1-15-11-13-5-2-8-16(12-13)9-3-6-14-7-4-10-17-14/h13-15H,2-12H2,1H3. The highest BCUT2D eigenvalue weighted by atomic mass is 16.5. The Bertz CT molecular complexity index is 202. The molecular weight excluding hydrogens is 212 g/mol. The van der Waals surface area contributed by atoms with Gasteiger partial charge in [-0.15, -0.1) is 0 Å². The first-order valence-corrected chi connectivity index (χ1v) is 7.37. The third-order valence-electron chi connectivity index (χ3n) is 4.12. The van der Waals surface area contributed by atoms with Crippen molar-refractivity contribution in [2.24, 2.45) is 5.92 Å². The first kappa shape index (κ1) is 13.3. The second-order valence-electron chi connectivity index (χ2n) is 5.64. The first-order chi connectivity index (χ1) is 8.38. The van der Waals surface area contributed by atoms with Crippen LogP contribution in [0.25, 0.3) is 0 Å². The van der Waals surface area contributed by atoms with Crippen molar-refractivity contribution in [1.29, 1.82) is 0 Å². The lowest BCUT2D eigenvalue weighted by Gasteiger charge is -2.32. The Labute approximate surface area is 106 Å². The van der Waals surface area contributed by atoms with Crippen molar-refractivity contribution < 1.29 is 4.74 Å². The largest absolute Gasteiger partial charge is 0.378 e. The van der Waals surface area contributed by atoms with Crippen LogP contribution in [0, 0.1) is 5.92 Å². The van der Waals surface area contributed by atoms with Crippen LogP contribution in [-0.2, 0) is 4.74 Å². The van der Waals surface area contributed by atoms with Gasteiger partial charge in [0.1, 0.15) is 0 Å². The molecule has 0 amide bonds. The van der Waals surface area contributed by atoms with Crippen molar-refractivity contribution in [2.45, 2.75) is 44.6 Å². The molecule has 2 fully saturated rings. The lowest BCUT2D eigenvalue weighted by atomic mass is 9.97. The molecule has 1 N–H and O–H groups in total. The monoisotopic (exact) mass is 240 g/mol. The number of nitrogens with zero attached hydrogens (tertiary/aromatic N) is 1. The van der Waals surface area contributed by atoms with Gasteiger partial charge in [-0.2, -0.15) is 0 Å². The lowest BCUT2D eigenvalue weighted by Crippen LogP contribution is -2.39. The fourth-order valence-corrected chi connectivity index (χ4v) is 3.22. The minimum atomic E-state index is 0.577. The average Bonchev–Trinajstić information content (AvgIpc) is 2.83. The molecule has 3 heteroatoms. The van der Waals surface area contributed by atoms with E-state index in [0.717, 1.165) is 12.5 Å². The van der Waals surface area contributed by atoms with Crippen LogP contribution in [0.1, 0.15) is 38.5 Å². The molecule has 2 aliphatic rings. The van der Waals surface area contributed by atoms with E-state index in [-0.39, 0.29) is 0 Å². The molecule has 0 spiro atoms. The molecule has 0 aromatic heterocycles. The molecule has 2 unspecified atom stereocenters. The van der Waals surface area contributed by atoms with Crippen LogP contribution in [0.2, 0.25) is 0 Å². The average molecular weight is 240 g/mol. The maximum absolute atomic E-state index is 5.67. The maximum atomic E-state index is 5.67. The van der Waals surface area contributed by atoms with Gasteiger partial charge in [0.15, 0.2) is 0 Å². The normalized spacial score (nSPS) is 30.9. The molecule has 0 aliphatic carbocycles. The Balaban J connectivity index is 1.58. The summed E-state index contributed by atoms with van der Waals surface area (Å²) >= 11 is 0. The van der Waals surface area contributed by atoms with Crippen LogP contribution in [0.4, 0.5) is 0 Å². The van der Waals surface area contributed by atoms with E-state index < -0.39 is 0 Å². The van der Waals surface area contributed by atoms with E-state index in [4.69, 9.17) is 4.74 Å². The zero-order chi connectivity index (χ0) is 11.9. The highest BCUT2D eigenvalue weighted by molar-refractivity contribution is 4.75. The number of piperidine rings is 1. The fourth-order valence-electron chi connectivity index (χ4n) is 3.22. The summed E-state index contributed by atoms with van der Waals surface area (Å²) in [4.78, 5) is 2.65. The van der Waals surface area contributed by atoms with Gasteiger partial charge in [0.2, 0.25) is 0 Å². The molecule has 2 saturated heterocycles. The van der Waals surface area contributed by atoms with E-state index in [1.807, 2.05) is 0 Å². The van der Waals surface area contributed by atoms with Crippen molar-refractivity contribution in [3.05, 3.63) is 0 Å². The predicted molar refractivity (Wildman–Crippen MR) is 71.3 cm³/mol. The van der Waals surface area contributed by atoms with Crippen molar-refractivity contribution in [2.75, 3.05) is 39.8 Å². The summed E-state index contributed by atoms with van der Waals surface area (Å²) in [6.45, 7) is 6.07. The number of rotatable bonds is 6. The summed E-state index contributed by atoms with van der Waals surface area (Å²) in [7, 11) is 2.07. The molecule has 17 heavy (non-hydrogen) atoms. The second kappa shape index (κ2) is 7.34. The third-order valence-corrected chi connectivity index (χ3v) is 4.12. The maximum Gasteiger partial charge on any atom is 0.0576 e. The number of nitrogens with one attached hydrogen (secondary N) is 1. The van der Waals surface area contributed by atoms with Crippen molar-refractivity contribution in [1.82, 2.24) is 10.2 Å². The van der Waals surface area contributed by atoms with E-state index >= 15 is 0 Å². The van der Waals surface area contributed by atoms with Gasteiger partial charge in [-0.25, -0.2) is 0 Å². The van der Waals surface area contributed by atoms with E-state index in [9.17, 15) is 0 Å². The van der Waals surface area contributed by atoms with Crippen molar-refractivity contribution in [3.8, 4) is 0 Å². The number of hydrogen-bond donors (Lipinski definition) is 1. The third kappa shape index (κ3) is 4.57. The molecule has 2 aliphatic heterocycles. The second-order valence-corrected chi connectivity index (χ2v) is 5.64. The van der Waals surface area contributed by atoms with Crippen LogP contribution in [0.15, 0.2) is 0 Å². The molecule has 3 nitrogen and oxygen atoms in total. The Kier molecular flexibility index (Phi) is 5.75. The zero-order valence-corrected chi connectivity index (χ0v) is 11.3. The van der Waals surface area contributed by atoms with Crippen LogP contribution in [-0.4, -0.2) is 50.8 Å². The Morgan fingerprint density at radius 2 is 2.24 bits per heavy atom. The summed E-state index contributed by atoms with van der Waals surface area (Å²) in [5, 5.41) is 3.31. The topological polar surface area (TPSA) is 24.5 Å². The molecule has 100 valence electrons. The Hall–Kier alpha value is -0.120. The fraction of sp³-hybridized carbons (Fsp3) is 1.00. The summed E-state index contributed by atoms with van der Waals surface area (Å²) in [5.74, 6) is 0.872. The van der Waals surface area contributed by atoms with Crippen molar-refractivity contribution in [3.63, 3.8) is 0 Å². The number of likely N-dealkylation sites (tertiary alicyclic amines) is 1. The summed E-state index contributed by atoms with van der Waals surface area (Å²) in [6, 6.07) is 0. The quantitative estimate of drug-likeness (QED) is 0.767. The van der Waals surface area contributed by atoms with Crippen LogP contribution < -0.4 is 5.32 Å². The van der Waals surface area contributed by atoms with Gasteiger partial charge in [0, 0.05) is 13.2 Å². The van der Waals surface area contributed by atoms with Gasteiger partial charge in [-0.05, 0) is 71.1 Å². The van der Waals surface area contributed by atoms with Gasteiger partial charge in [-0.1, -0.05) is 0 Å². The molecular formula is C14H28N2O. The molecule has 2 heterocycles. The minimum absolute atomic E-state index is 0.577. The van der Waals surface area contributed by atoms with E-state index in [2.05, 4.69) is 17.3 Å². The predicted octanol–water partition coefficient (Wildman–Crippen LogP) is 1.88. The van der Waals surface area contributed by atoms with Gasteiger partial charge < -0.3 is 15.0 Å². The Morgan fingerprint density at radius 1 is 1.29 bits per heavy atom. The number of ether oxygens (including phenoxy) is 1. The Morgan fingerprint density at radius 3 is 3.00 bits per heavy atom. The molecule has 0 aromatic rings. The van der Waals surface area contributed by atoms with E-state index in [0.29, 0.717) is 6.10 Å². The molecule has 0 saturated carbocycles. The highest BCUT2D eigenvalue weighted by Crippen LogP contribution is 2.19. The summed E-state index contributed by atoms with van der Waals surface area (Å²) < 4.78 is 5.67. The van der Waals surface area contributed by atoms with Gasteiger partial charge in [-0.3, -0.25) is 0 Å². The van der Waals surface area contributed by atoms with Gasteiger partial charge >= 0.3 is 0 Å². The summed E-state index contributed by atoms with van der Waals surface area (Å²) in [6.07, 6.45) is 8.52. The van der Waals surface area contributed by atoms with E-state index in [1.54, 1.807) is 0 Å². The van der Waals surface area contributed by atoms with Gasteiger partial charge in [0.25, 0.3) is 0 Å². The van der Waals surface area contributed by atoms with Gasteiger partial charge in [0.05, 0.1) is 6.10 Å². The molecule has 2 atom stereocenters.